The van der Waals surface area contributed by atoms with Crippen molar-refractivity contribution < 1.29 is 9.47 Å². The first-order valence-electron chi connectivity index (χ1n) is 10.6. The zero-order valence-electron chi connectivity index (χ0n) is 16.3. The standard InChI is InChI=1S/C21H44O2/c1-3-5-7-9-11-13-15-18-22-20-17-21-23-19-16-14-12-10-8-6-4-2/h3-21H2,1-2H3. The Morgan fingerprint density at radius 3 is 1.04 bits per heavy atom. The summed E-state index contributed by atoms with van der Waals surface area (Å²) >= 11 is 0. The first-order valence-corrected chi connectivity index (χ1v) is 10.6. The summed E-state index contributed by atoms with van der Waals surface area (Å²) in [7, 11) is 0. The number of ether oxygens (including phenoxy) is 2. The van der Waals surface area contributed by atoms with Crippen molar-refractivity contribution >= 4 is 0 Å². The van der Waals surface area contributed by atoms with Crippen LogP contribution in [0.25, 0.3) is 0 Å². The highest BCUT2D eigenvalue weighted by Gasteiger charge is 1.94. The van der Waals surface area contributed by atoms with Crippen molar-refractivity contribution in [2.45, 2.75) is 110 Å². The minimum absolute atomic E-state index is 0.868. The highest BCUT2D eigenvalue weighted by molar-refractivity contribution is 4.46. The quantitative estimate of drug-likeness (QED) is 0.226. The molecule has 0 rings (SSSR count). The van der Waals surface area contributed by atoms with Gasteiger partial charge in [0.25, 0.3) is 0 Å². The smallest absolute Gasteiger partial charge is 0.0487 e. The first kappa shape index (κ1) is 22.9. The van der Waals surface area contributed by atoms with Crippen molar-refractivity contribution in [3.8, 4) is 0 Å². The van der Waals surface area contributed by atoms with Crippen LogP contribution in [0.1, 0.15) is 110 Å². The molecule has 0 aromatic rings. The fourth-order valence-corrected chi connectivity index (χ4v) is 2.79. The molecule has 0 aliphatic heterocycles. The third kappa shape index (κ3) is 21.9. The minimum Gasteiger partial charge on any atom is -0.381 e. The molecule has 23 heavy (non-hydrogen) atoms. The molecule has 2 nitrogen and oxygen atoms in total. The summed E-state index contributed by atoms with van der Waals surface area (Å²) < 4.78 is 11.3. The average molecular weight is 329 g/mol. The average Bonchev–Trinajstić information content (AvgIpc) is 2.57. The molecule has 0 spiro atoms. The van der Waals surface area contributed by atoms with E-state index in [1.54, 1.807) is 0 Å². The van der Waals surface area contributed by atoms with E-state index in [9.17, 15) is 0 Å². The van der Waals surface area contributed by atoms with Crippen LogP contribution in [-0.2, 0) is 9.47 Å². The maximum Gasteiger partial charge on any atom is 0.0487 e. The molecule has 0 heterocycles. The Morgan fingerprint density at radius 2 is 0.652 bits per heavy atom. The second kappa shape index (κ2) is 21.9. The highest BCUT2D eigenvalue weighted by Crippen LogP contribution is 2.08. The van der Waals surface area contributed by atoms with Gasteiger partial charge in [-0.1, -0.05) is 90.9 Å². The van der Waals surface area contributed by atoms with Crippen molar-refractivity contribution in [1.82, 2.24) is 0 Å². The van der Waals surface area contributed by atoms with E-state index < -0.39 is 0 Å². The van der Waals surface area contributed by atoms with Crippen molar-refractivity contribution in [1.29, 1.82) is 0 Å². The Balaban J connectivity index is 2.92. The summed E-state index contributed by atoms with van der Waals surface area (Å²) in [5.74, 6) is 0. The number of unbranched alkanes of at least 4 members (excludes halogenated alkanes) is 12. The zero-order chi connectivity index (χ0) is 16.8. The molecule has 0 fully saturated rings. The van der Waals surface area contributed by atoms with Gasteiger partial charge in [0, 0.05) is 26.4 Å². The van der Waals surface area contributed by atoms with Crippen LogP contribution in [0.3, 0.4) is 0 Å². The Kier molecular flexibility index (Phi) is 21.8. The SMILES string of the molecule is CCCCCCCCCOCCCOCCCCCCCCC. The van der Waals surface area contributed by atoms with Gasteiger partial charge in [0.1, 0.15) is 0 Å². The van der Waals surface area contributed by atoms with E-state index in [1.165, 1.54) is 89.9 Å². The lowest BCUT2D eigenvalue weighted by atomic mass is 10.1. The highest BCUT2D eigenvalue weighted by atomic mass is 16.5. The summed E-state index contributed by atoms with van der Waals surface area (Å²) in [5.41, 5.74) is 0. The minimum atomic E-state index is 0.868. The van der Waals surface area contributed by atoms with E-state index in [1.807, 2.05) is 0 Å². The van der Waals surface area contributed by atoms with Crippen molar-refractivity contribution in [3.63, 3.8) is 0 Å². The van der Waals surface area contributed by atoms with Crippen molar-refractivity contribution in [3.05, 3.63) is 0 Å². The summed E-state index contributed by atoms with van der Waals surface area (Å²) in [6, 6.07) is 0. The van der Waals surface area contributed by atoms with Gasteiger partial charge in [-0.3, -0.25) is 0 Å². The van der Waals surface area contributed by atoms with Crippen molar-refractivity contribution in [2.24, 2.45) is 0 Å². The molecule has 0 atom stereocenters. The number of rotatable bonds is 20. The largest absolute Gasteiger partial charge is 0.381 e. The lowest BCUT2D eigenvalue weighted by molar-refractivity contribution is 0.0794. The Morgan fingerprint density at radius 1 is 0.348 bits per heavy atom. The van der Waals surface area contributed by atoms with Crippen LogP contribution in [0.5, 0.6) is 0 Å². The van der Waals surface area contributed by atoms with Gasteiger partial charge >= 0.3 is 0 Å². The summed E-state index contributed by atoms with van der Waals surface area (Å²) in [6.07, 6.45) is 20.0. The topological polar surface area (TPSA) is 18.5 Å². The van der Waals surface area contributed by atoms with Gasteiger partial charge in [0.05, 0.1) is 0 Å². The Labute approximate surface area is 146 Å². The van der Waals surface area contributed by atoms with Crippen LogP contribution in [0, 0.1) is 0 Å². The van der Waals surface area contributed by atoms with Gasteiger partial charge in [-0.15, -0.1) is 0 Å². The zero-order valence-corrected chi connectivity index (χ0v) is 16.3. The van der Waals surface area contributed by atoms with Gasteiger partial charge in [0.2, 0.25) is 0 Å². The molecule has 0 N–H and O–H groups in total. The molecule has 0 saturated heterocycles. The molecule has 0 aromatic heterocycles. The summed E-state index contributed by atoms with van der Waals surface area (Å²) in [5, 5.41) is 0. The fourth-order valence-electron chi connectivity index (χ4n) is 2.79. The lowest BCUT2D eigenvalue weighted by Gasteiger charge is -2.06. The molecular weight excluding hydrogens is 284 g/mol. The van der Waals surface area contributed by atoms with Crippen LogP contribution in [-0.4, -0.2) is 26.4 Å². The Bertz CT molecular complexity index is 174. The molecule has 0 aromatic carbocycles. The van der Waals surface area contributed by atoms with Gasteiger partial charge in [-0.05, 0) is 19.3 Å². The molecule has 0 saturated carbocycles. The molecular formula is C21H44O2. The molecule has 2 heteroatoms. The second-order valence-electron chi connectivity index (χ2n) is 6.82. The van der Waals surface area contributed by atoms with Gasteiger partial charge in [0.15, 0.2) is 0 Å². The van der Waals surface area contributed by atoms with Crippen molar-refractivity contribution in [2.75, 3.05) is 26.4 Å². The van der Waals surface area contributed by atoms with E-state index in [0.29, 0.717) is 0 Å². The van der Waals surface area contributed by atoms with E-state index in [2.05, 4.69) is 13.8 Å². The maximum absolute atomic E-state index is 5.66. The molecule has 0 aliphatic rings. The van der Waals surface area contributed by atoms with E-state index in [4.69, 9.17) is 9.47 Å². The van der Waals surface area contributed by atoms with E-state index in [-0.39, 0.29) is 0 Å². The van der Waals surface area contributed by atoms with Crippen LogP contribution in [0.15, 0.2) is 0 Å². The van der Waals surface area contributed by atoms with Crippen LogP contribution in [0.2, 0.25) is 0 Å². The third-order valence-electron chi connectivity index (χ3n) is 4.36. The van der Waals surface area contributed by atoms with Gasteiger partial charge < -0.3 is 9.47 Å². The number of hydrogen-bond acceptors (Lipinski definition) is 2. The normalized spacial score (nSPS) is 11.2. The molecule has 140 valence electrons. The van der Waals surface area contributed by atoms with Gasteiger partial charge in [-0.2, -0.15) is 0 Å². The van der Waals surface area contributed by atoms with Crippen LogP contribution >= 0.6 is 0 Å². The van der Waals surface area contributed by atoms with E-state index >= 15 is 0 Å². The predicted octanol–water partition coefficient (Wildman–Crippen LogP) is 6.91. The molecule has 0 unspecified atom stereocenters. The summed E-state index contributed by atoms with van der Waals surface area (Å²) in [6.45, 7) is 8.15. The molecule has 0 bridgehead atoms. The first-order chi connectivity index (χ1) is 11.4. The third-order valence-corrected chi connectivity index (χ3v) is 4.36. The predicted molar refractivity (Wildman–Crippen MR) is 102 cm³/mol. The Hall–Kier alpha value is -0.0800. The molecule has 0 amide bonds. The molecule has 0 aliphatic carbocycles. The number of hydrogen-bond donors (Lipinski definition) is 0. The summed E-state index contributed by atoms with van der Waals surface area (Å²) in [4.78, 5) is 0. The van der Waals surface area contributed by atoms with Crippen LogP contribution < -0.4 is 0 Å². The maximum atomic E-state index is 5.66. The fraction of sp³-hybridized carbons (Fsp3) is 1.00. The van der Waals surface area contributed by atoms with Gasteiger partial charge in [-0.25, -0.2) is 0 Å². The monoisotopic (exact) mass is 328 g/mol. The van der Waals surface area contributed by atoms with E-state index in [0.717, 1.165) is 32.8 Å². The van der Waals surface area contributed by atoms with Crippen LogP contribution in [0.4, 0.5) is 0 Å². The second-order valence-corrected chi connectivity index (χ2v) is 6.82. The molecule has 0 radical (unpaired) electrons. The lowest BCUT2D eigenvalue weighted by Crippen LogP contribution is -2.03.